The molecule has 1 aromatic carbocycles. The van der Waals surface area contributed by atoms with Crippen molar-refractivity contribution in [1.29, 1.82) is 0 Å². The minimum absolute atomic E-state index is 0.0232. The van der Waals surface area contributed by atoms with E-state index in [1.165, 1.54) is 6.42 Å². The number of nitrogens with two attached hydrogens (primary N) is 1. The highest BCUT2D eigenvalue weighted by molar-refractivity contribution is 5.95. The third kappa shape index (κ3) is 3.99. The molecule has 0 bridgehead atoms. The number of likely N-dealkylation sites (tertiary alicyclic amines) is 1. The van der Waals surface area contributed by atoms with Gasteiger partial charge in [-0.3, -0.25) is 9.69 Å². The maximum Gasteiger partial charge on any atom is 0.251 e. The van der Waals surface area contributed by atoms with Gasteiger partial charge in [-0.2, -0.15) is 0 Å². The molecular formula is C20H26N4O. The van der Waals surface area contributed by atoms with E-state index < -0.39 is 0 Å². The number of benzene rings is 1. The van der Waals surface area contributed by atoms with Crippen LogP contribution in [0.1, 0.15) is 35.7 Å². The molecule has 5 heteroatoms. The average Bonchev–Trinajstić information content (AvgIpc) is 3.09. The third-order valence-electron chi connectivity index (χ3n) is 4.98. The minimum Gasteiger partial charge on any atom is -0.383 e. The van der Waals surface area contributed by atoms with Gasteiger partial charge in [-0.1, -0.05) is 19.1 Å². The zero-order valence-electron chi connectivity index (χ0n) is 15.0. The highest BCUT2D eigenvalue weighted by Gasteiger charge is 2.23. The summed E-state index contributed by atoms with van der Waals surface area (Å²) in [5.74, 6) is 0.514. The Morgan fingerprint density at radius 2 is 2.20 bits per heavy atom. The lowest BCUT2D eigenvalue weighted by molar-refractivity contribution is 0.0941. The van der Waals surface area contributed by atoms with Crippen LogP contribution >= 0.6 is 0 Å². The smallest absolute Gasteiger partial charge is 0.251 e. The number of rotatable bonds is 5. The number of hydrogen-bond acceptors (Lipinski definition) is 4. The quantitative estimate of drug-likeness (QED) is 0.879. The predicted octanol–water partition coefficient (Wildman–Crippen LogP) is 2.85. The number of aromatic nitrogens is 1. The molecule has 1 aliphatic rings. The second kappa shape index (κ2) is 7.66. The van der Waals surface area contributed by atoms with Gasteiger partial charge in [-0.05, 0) is 62.2 Å². The van der Waals surface area contributed by atoms with E-state index in [1.54, 1.807) is 6.20 Å². The number of nitrogens with one attached hydrogen (secondary N) is 1. The first-order chi connectivity index (χ1) is 12.1. The van der Waals surface area contributed by atoms with E-state index in [9.17, 15) is 4.79 Å². The molecule has 2 aromatic rings. The Morgan fingerprint density at radius 3 is 2.96 bits per heavy atom. The molecular weight excluding hydrogens is 312 g/mol. The van der Waals surface area contributed by atoms with Gasteiger partial charge in [0.2, 0.25) is 0 Å². The number of aryl methyl sites for hydroxylation is 1. The Morgan fingerprint density at radius 1 is 1.36 bits per heavy atom. The van der Waals surface area contributed by atoms with Crippen LogP contribution in [0.15, 0.2) is 36.5 Å². The standard InChI is InChI=1S/C20H26N4O/c1-3-24-9-5-8-18(24)13-23-20(25)16-7-4-6-15(11-16)17-10-14(2)19(21)22-12-17/h4,6-7,10-12,18H,3,5,8-9,13H2,1-2H3,(H2,21,22)(H,23,25)/t18-/m1/s1. The van der Waals surface area contributed by atoms with Gasteiger partial charge < -0.3 is 11.1 Å². The SMILES string of the molecule is CCN1CCC[C@@H]1CNC(=O)c1cccc(-c2cnc(N)c(C)c2)c1. The van der Waals surface area contributed by atoms with Gasteiger partial charge in [-0.15, -0.1) is 0 Å². The fourth-order valence-electron chi connectivity index (χ4n) is 3.44. The monoisotopic (exact) mass is 338 g/mol. The van der Waals surface area contributed by atoms with Crippen LogP contribution in [0.2, 0.25) is 0 Å². The average molecular weight is 338 g/mol. The summed E-state index contributed by atoms with van der Waals surface area (Å²) in [6.45, 7) is 6.99. The first-order valence-electron chi connectivity index (χ1n) is 8.93. The van der Waals surface area contributed by atoms with Crippen LogP contribution in [0.3, 0.4) is 0 Å². The van der Waals surface area contributed by atoms with Crippen molar-refractivity contribution in [1.82, 2.24) is 15.2 Å². The van der Waals surface area contributed by atoms with Crippen LogP contribution in [0.4, 0.5) is 5.82 Å². The van der Waals surface area contributed by atoms with Gasteiger partial charge in [0, 0.05) is 29.9 Å². The van der Waals surface area contributed by atoms with Gasteiger partial charge >= 0.3 is 0 Å². The van der Waals surface area contributed by atoms with E-state index in [4.69, 9.17) is 5.73 Å². The van der Waals surface area contributed by atoms with Crippen molar-refractivity contribution in [2.75, 3.05) is 25.4 Å². The van der Waals surface area contributed by atoms with Crippen LogP contribution in [-0.4, -0.2) is 41.5 Å². The molecule has 1 atom stereocenters. The van der Waals surface area contributed by atoms with E-state index in [0.717, 1.165) is 36.2 Å². The van der Waals surface area contributed by atoms with Crippen LogP contribution in [0.5, 0.6) is 0 Å². The molecule has 5 nitrogen and oxygen atoms in total. The van der Waals surface area contributed by atoms with E-state index in [1.807, 2.05) is 37.3 Å². The molecule has 25 heavy (non-hydrogen) atoms. The van der Waals surface area contributed by atoms with E-state index in [0.29, 0.717) is 24.0 Å². The van der Waals surface area contributed by atoms with Crippen molar-refractivity contribution in [3.63, 3.8) is 0 Å². The number of amides is 1. The Balaban J connectivity index is 1.70. The van der Waals surface area contributed by atoms with Gasteiger partial charge in [0.05, 0.1) is 0 Å². The number of anilines is 1. The minimum atomic E-state index is -0.0232. The number of likely N-dealkylation sites (N-methyl/N-ethyl adjacent to an activating group) is 1. The Bertz CT molecular complexity index is 759. The molecule has 3 rings (SSSR count). The molecule has 132 valence electrons. The predicted molar refractivity (Wildman–Crippen MR) is 101 cm³/mol. The van der Waals surface area contributed by atoms with Crippen molar-refractivity contribution < 1.29 is 4.79 Å². The first-order valence-corrected chi connectivity index (χ1v) is 8.93. The summed E-state index contributed by atoms with van der Waals surface area (Å²) in [6, 6.07) is 10.1. The molecule has 0 aliphatic carbocycles. The van der Waals surface area contributed by atoms with Crippen molar-refractivity contribution in [2.45, 2.75) is 32.7 Å². The summed E-state index contributed by atoms with van der Waals surface area (Å²) in [7, 11) is 0. The lowest BCUT2D eigenvalue weighted by Gasteiger charge is -2.22. The lowest BCUT2D eigenvalue weighted by atomic mass is 10.0. The number of carbonyl (C=O) groups is 1. The highest BCUT2D eigenvalue weighted by atomic mass is 16.1. The maximum absolute atomic E-state index is 12.5. The largest absolute Gasteiger partial charge is 0.383 e. The summed E-state index contributed by atoms with van der Waals surface area (Å²) >= 11 is 0. The summed E-state index contributed by atoms with van der Waals surface area (Å²) in [5.41, 5.74) is 9.34. The van der Waals surface area contributed by atoms with Crippen LogP contribution in [0.25, 0.3) is 11.1 Å². The molecule has 3 N–H and O–H groups in total. The van der Waals surface area contributed by atoms with Gasteiger partial charge in [0.1, 0.15) is 5.82 Å². The number of pyridine rings is 1. The van der Waals surface area contributed by atoms with Gasteiger partial charge in [0.25, 0.3) is 5.91 Å². The lowest BCUT2D eigenvalue weighted by Crippen LogP contribution is -2.40. The topological polar surface area (TPSA) is 71.2 Å². The fourth-order valence-corrected chi connectivity index (χ4v) is 3.44. The zero-order chi connectivity index (χ0) is 17.8. The highest BCUT2D eigenvalue weighted by Crippen LogP contribution is 2.22. The fraction of sp³-hybridized carbons (Fsp3) is 0.400. The van der Waals surface area contributed by atoms with E-state index in [2.05, 4.69) is 22.1 Å². The number of nitrogens with zero attached hydrogens (tertiary/aromatic N) is 2. The van der Waals surface area contributed by atoms with E-state index >= 15 is 0 Å². The molecule has 1 fully saturated rings. The van der Waals surface area contributed by atoms with E-state index in [-0.39, 0.29) is 5.91 Å². The third-order valence-corrected chi connectivity index (χ3v) is 4.98. The molecule has 1 saturated heterocycles. The van der Waals surface area contributed by atoms with Crippen molar-refractivity contribution in [3.05, 3.63) is 47.7 Å². The molecule has 2 heterocycles. The Hall–Kier alpha value is -2.40. The molecule has 0 spiro atoms. The molecule has 1 amide bonds. The van der Waals surface area contributed by atoms with Gasteiger partial charge in [0.15, 0.2) is 0 Å². The molecule has 1 aromatic heterocycles. The normalized spacial score (nSPS) is 17.6. The number of hydrogen-bond donors (Lipinski definition) is 2. The molecule has 0 unspecified atom stereocenters. The molecule has 0 saturated carbocycles. The summed E-state index contributed by atoms with van der Waals surface area (Å²) in [4.78, 5) is 19.2. The number of nitrogen functional groups attached to an aromatic ring is 1. The van der Waals surface area contributed by atoms with Crippen molar-refractivity contribution in [3.8, 4) is 11.1 Å². The first kappa shape index (κ1) is 17.4. The van der Waals surface area contributed by atoms with Crippen LogP contribution in [0, 0.1) is 6.92 Å². The second-order valence-corrected chi connectivity index (χ2v) is 6.64. The summed E-state index contributed by atoms with van der Waals surface area (Å²) in [6.07, 6.45) is 4.12. The Kier molecular flexibility index (Phi) is 5.34. The van der Waals surface area contributed by atoms with Gasteiger partial charge in [-0.25, -0.2) is 4.98 Å². The maximum atomic E-state index is 12.5. The summed E-state index contributed by atoms with van der Waals surface area (Å²) < 4.78 is 0. The Labute approximate surface area is 149 Å². The van der Waals surface area contributed by atoms with Crippen LogP contribution in [-0.2, 0) is 0 Å². The second-order valence-electron chi connectivity index (χ2n) is 6.64. The van der Waals surface area contributed by atoms with Crippen LogP contribution < -0.4 is 11.1 Å². The zero-order valence-corrected chi connectivity index (χ0v) is 15.0. The molecule has 0 radical (unpaired) electrons. The van der Waals surface area contributed by atoms with Crippen molar-refractivity contribution in [2.24, 2.45) is 0 Å². The number of carbonyl (C=O) groups excluding carboxylic acids is 1. The van der Waals surface area contributed by atoms with Crippen molar-refractivity contribution >= 4 is 11.7 Å². The summed E-state index contributed by atoms with van der Waals surface area (Å²) in [5, 5.41) is 3.09. The molecule has 1 aliphatic heterocycles.